The maximum Gasteiger partial charge on any atom is 0.0954 e. The molecule has 0 radical (unpaired) electrons. The summed E-state index contributed by atoms with van der Waals surface area (Å²) in [4.78, 5) is 1.24. The van der Waals surface area contributed by atoms with Crippen molar-refractivity contribution in [2.45, 2.75) is 9.64 Å². The van der Waals surface area contributed by atoms with E-state index in [0.29, 0.717) is 0 Å². The fraction of sp³-hybridized carbons (Fsp3) is 0.0400. The predicted octanol–water partition coefficient (Wildman–Crippen LogP) is 7.53. The van der Waals surface area contributed by atoms with E-state index >= 15 is 0 Å². The van der Waals surface area contributed by atoms with E-state index in [1.54, 1.807) is 0 Å². The van der Waals surface area contributed by atoms with Crippen LogP contribution in [-0.2, 0) is 4.75 Å². The zero-order chi connectivity index (χ0) is 18.5. The Labute approximate surface area is 173 Å². The third kappa shape index (κ3) is 3.73. The first kappa shape index (κ1) is 18.1. The second-order valence-corrected chi connectivity index (χ2v) is 8.54. The number of hydrogen-bond donors (Lipinski definition) is 0. The maximum absolute atomic E-state index is 3.58. The molecule has 4 rings (SSSR count). The smallest absolute Gasteiger partial charge is 0.0954 e. The fourth-order valence-corrected chi connectivity index (χ4v) is 5.05. The maximum atomic E-state index is 3.58. The van der Waals surface area contributed by atoms with Gasteiger partial charge in [-0.1, -0.05) is 107 Å². The predicted molar refractivity (Wildman–Crippen MR) is 119 cm³/mol. The first-order chi connectivity index (χ1) is 13.3. The van der Waals surface area contributed by atoms with Gasteiger partial charge in [0.2, 0.25) is 0 Å². The average molecular weight is 431 g/mol. The number of rotatable bonds is 5. The van der Waals surface area contributed by atoms with Gasteiger partial charge < -0.3 is 0 Å². The van der Waals surface area contributed by atoms with Crippen molar-refractivity contribution in [1.29, 1.82) is 0 Å². The quantitative estimate of drug-likeness (QED) is 0.232. The molecule has 4 aromatic carbocycles. The average Bonchev–Trinajstić information content (AvgIpc) is 2.75. The van der Waals surface area contributed by atoms with Crippen LogP contribution >= 0.6 is 27.7 Å². The molecule has 0 aliphatic carbocycles. The van der Waals surface area contributed by atoms with Gasteiger partial charge in [-0.15, -0.1) is 11.8 Å². The minimum Gasteiger partial charge on any atom is -0.105 e. The van der Waals surface area contributed by atoms with Crippen molar-refractivity contribution in [1.82, 2.24) is 0 Å². The van der Waals surface area contributed by atoms with Crippen molar-refractivity contribution in [2.75, 3.05) is 0 Å². The van der Waals surface area contributed by atoms with Crippen molar-refractivity contribution >= 4 is 27.7 Å². The minimum atomic E-state index is -0.329. The third-order valence-corrected chi connectivity index (χ3v) is 6.68. The highest BCUT2D eigenvalue weighted by Gasteiger charge is 2.37. The van der Waals surface area contributed by atoms with E-state index in [1.807, 2.05) is 11.8 Å². The first-order valence-corrected chi connectivity index (χ1v) is 10.5. The molecule has 132 valence electrons. The molecular weight excluding hydrogens is 412 g/mol. The standard InChI is InChI=1S/C25H19BrS/c26-23-18-16-22(17-19-23)25(20-10-4-1-5-11-20,21-12-6-2-7-13-21)27-24-14-8-3-9-15-24/h1-19H. The second kappa shape index (κ2) is 8.16. The molecular formula is C25H19BrS. The molecule has 0 amide bonds. The summed E-state index contributed by atoms with van der Waals surface area (Å²) in [5, 5.41) is 0. The highest BCUT2D eigenvalue weighted by molar-refractivity contribution is 9.10. The summed E-state index contributed by atoms with van der Waals surface area (Å²) in [5.74, 6) is 0. The molecule has 0 saturated carbocycles. The van der Waals surface area contributed by atoms with Gasteiger partial charge in [-0.2, -0.15) is 0 Å². The highest BCUT2D eigenvalue weighted by Crippen LogP contribution is 2.51. The highest BCUT2D eigenvalue weighted by atomic mass is 79.9. The molecule has 0 unspecified atom stereocenters. The molecule has 0 fully saturated rings. The van der Waals surface area contributed by atoms with E-state index in [2.05, 4.69) is 131 Å². The molecule has 0 bridgehead atoms. The van der Waals surface area contributed by atoms with Gasteiger partial charge in [0.15, 0.2) is 0 Å². The summed E-state index contributed by atoms with van der Waals surface area (Å²) in [7, 11) is 0. The van der Waals surface area contributed by atoms with Crippen LogP contribution in [0.5, 0.6) is 0 Å². The van der Waals surface area contributed by atoms with Crippen LogP contribution in [0, 0.1) is 0 Å². The van der Waals surface area contributed by atoms with Gasteiger partial charge >= 0.3 is 0 Å². The Kier molecular flexibility index (Phi) is 5.47. The second-order valence-electron chi connectivity index (χ2n) is 6.34. The summed E-state index contributed by atoms with van der Waals surface area (Å²) in [5.41, 5.74) is 3.80. The summed E-state index contributed by atoms with van der Waals surface area (Å²) in [6.07, 6.45) is 0. The van der Waals surface area contributed by atoms with Crippen LogP contribution in [-0.4, -0.2) is 0 Å². The molecule has 0 aliphatic heterocycles. The number of benzene rings is 4. The Hall–Kier alpha value is -2.29. The van der Waals surface area contributed by atoms with Crippen molar-refractivity contribution in [2.24, 2.45) is 0 Å². The van der Waals surface area contributed by atoms with Crippen LogP contribution in [0.2, 0.25) is 0 Å². The Morgan fingerprint density at radius 2 is 0.889 bits per heavy atom. The van der Waals surface area contributed by atoms with Crippen LogP contribution < -0.4 is 0 Å². The minimum absolute atomic E-state index is 0.329. The van der Waals surface area contributed by atoms with E-state index in [1.165, 1.54) is 21.6 Å². The van der Waals surface area contributed by atoms with Crippen molar-refractivity contribution < 1.29 is 0 Å². The molecule has 0 nitrogen and oxygen atoms in total. The summed E-state index contributed by atoms with van der Waals surface area (Å²) in [6.45, 7) is 0. The molecule has 0 atom stereocenters. The zero-order valence-corrected chi connectivity index (χ0v) is 17.2. The van der Waals surface area contributed by atoms with Crippen molar-refractivity contribution in [3.8, 4) is 0 Å². The van der Waals surface area contributed by atoms with Crippen LogP contribution in [0.25, 0.3) is 0 Å². The van der Waals surface area contributed by atoms with E-state index in [4.69, 9.17) is 0 Å². The lowest BCUT2D eigenvalue weighted by Crippen LogP contribution is -2.25. The van der Waals surface area contributed by atoms with Gasteiger partial charge in [-0.25, -0.2) is 0 Å². The van der Waals surface area contributed by atoms with Gasteiger partial charge in [0.05, 0.1) is 4.75 Å². The molecule has 27 heavy (non-hydrogen) atoms. The molecule has 2 heteroatoms. The summed E-state index contributed by atoms with van der Waals surface area (Å²) < 4.78 is 0.760. The normalized spacial score (nSPS) is 11.3. The Bertz CT molecular complexity index is 941. The monoisotopic (exact) mass is 430 g/mol. The number of hydrogen-bond acceptors (Lipinski definition) is 1. The SMILES string of the molecule is Brc1ccc(C(Sc2ccccc2)(c2ccccc2)c2ccccc2)cc1. The summed E-state index contributed by atoms with van der Waals surface area (Å²) in [6, 6.07) is 40.9. The number of thioether (sulfide) groups is 1. The Balaban J connectivity index is 2.00. The lowest BCUT2D eigenvalue weighted by molar-refractivity contribution is 0.893. The van der Waals surface area contributed by atoms with E-state index in [0.717, 1.165) is 4.47 Å². The van der Waals surface area contributed by atoms with Crippen molar-refractivity contribution in [3.05, 3.63) is 136 Å². The van der Waals surface area contributed by atoms with Crippen LogP contribution in [0.15, 0.2) is 125 Å². The van der Waals surface area contributed by atoms with Gasteiger partial charge in [0.25, 0.3) is 0 Å². The van der Waals surface area contributed by atoms with Crippen LogP contribution in [0.3, 0.4) is 0 Å². The van der Waals surface area contributed by atoms with E-state index in [9.17, 15) is 0 Å². The molecule has 0 saturated heterocycles. The van der Waals surface area contributed by atoms with E-state index in [-0.39, 0.29) is 4.75 Å². The zero-order valence-electron chi connectivity index (χ0n) is 14.8. The Morgan fingerprint density at radius 1 is 0.481 bits per heavy atom. The number of halogens is 1. The topological polar surface area (TPSA) is 0 Å². The molecule has 4 aromatic rings. The van der Waals surface area contributed by atoms with Gasteiger partial charge in [-0.3, -0.25) is 0 Å². The van der Waals surface area contributed by atoms with Crippen LogP contribution in [0.4, 0.5) is 0 Å². The van der Waals surface area contributed by atoms with Gasteiger partial charge in [0.1, 0.15) is 0 Å². The largest absolute Gasteiger partial charge is 0.105 e. The first-order valence-electron chi connectivity index (χ1n) is 8.90. The fourth-order valence-electron chi connectivity index (χ4n) is 3.37. The molecule has 0 aliphatic rings. The van der Waals surface area contributed by atoms with E-state index < -0.39 is 0 Å². The summed E-state index contributed by atoms with van der Waals surface area (Å²) >= 11 is 5.47. The molecule has 0 aromatic heterocycles. The Morgan fingerprint density at radius 3 is 1.37 bits per heavy atom. The van der Waals surface area contributed by atoms with Gasteiger partial charge in [0, 0.05) is 9.37 Å². The third-order valence-electron chi connectivity index (χ3n) is 4.63. The van der Waals surface area contributed by atoms with Gasteiger partial charge in [-0.05, 0) is 41.0 Å². The molecule has 0 spiro atoms. The lowest BCUT2D eigenvalue weighted by Gasteiger charge is -2.35. The van der Waals surface area contributed by atoms with Crippen LogP contribution in [0.1, 0.15) is 16.7 Å². The lowest BCUT2D eigenvalue weighted by atomic mass is 9.84. The molecule has 0 heterocycles. The van der Waals surface area contributed by atoms with Crippen molar-refractivity contribution in [3.63, 3.8) is 0 Å². The molecule has 0 N–H and O–H groups in total.